The summed E-state index contributed by atoms with van der Waals surface area (Å²) in [6.45, 7) is 0. The highest BCUT2D eigenvalue weighted by atomic mass is 35.5. The maximum atomic E-state index is 12.1. The van der Waals surface area contributed by atoms with Crippen LogP contribution in [-0.4, -0.2) is 16.2 Å². The zero-order valence-corrected chi connectivity index (χ0v) is 15.0. The van der Waals surface area contributed by atoms with Crippen LogP contribution in [-0.2, 0) is 4.79 Å². The summed E-state index contributed by atoms with van der Waals surface area (Å²) in [5, 5.41) is 14.0. The predicted octanol–water partition coefficient (Wildman–Crippen LogP) is 5.24. The van der Waals surface area contributed by atoms with Crippen LogP contribution in [0, 0.1) is 0 Å². The number of nitrogens with zero attached hydrogens (tertiary/aromatic N) is 1. The van der Waals surface area contributed by atoms with Crippen molar-refractivity contribution in [2.24, 2.45) is 4.99 Å². The first kappa shape index (κ1) is 17.2. The summed E-state index contributed by atoms with van der Waals surface area (Å²) < 4.78 is 0. The largest absolute Gasteiger partial charge is 0.506 e. The lowest BCUT2D eigenvalue weighted by molar-refractivity contribution is -0.115. The second kappa shape index (κ2) is 7.07. The summed E-state index contributed by atoms with van der Waals surface area (Å²) >= 11 is 19.0. The van der Waals surface area contributed by atoms with Gasteiger partial charge in [0.2, 0.25) is 0 Å². The maximum Gasteiger partial charge on any atom is 0.264 e. The number of aromatic hydroxyl groups is 1. The Labute approximate surface area is 157 Å². The van der Waals surface area contributed by atoms with Crippen molar-refractivity contribution in [3.63, 3.8) is 0 Å². The molecule has 122 valence electrons. The highest BCUT2D eigenvalue weighted by molar-refractivity contribution is 8.18. The Morgan fingerprint density at radius 3 is 2.62 bits per heavy atom. The first-order valence-electron chi connectivity index (χ1n) is 6.66. The molecule has 1 amide bonds. The molecular formula is C16H9Cl3N2O2S. The van der Waals surface area contributed by atoms with Gasteiger partial charge in [-0.1, -0.05) is 46.9 Å². The van der Waals surface area contributed by atoms with Crippen LogP contribution in [0.3, 0.4) is 0 Å². The van der Waals surface area contributed by atoms with Gasteiger partial charge in [0, 0.05) is 10.6 Å². The zero-order valence-electron chi connectivity index (χ0n) is 11.9. The molecule has 1 aliphatic rings. The molecule has 2 aromatic carbocycles. The van der Waals surface area contributed by atoms with Gasteiger partial charge in [-0.15, -0.1) is 0 Å². The van der Waals surface area contributed by atoms with Gasteiger partial charge in [0.25, 0.3) is 5.91 Å². The van der Waals surface area contributed by atoms with Crippen LogP contribution >= 0.6 is 46.6 Å². The van der Waals surface area contributed by atoms with Gasteiger partial charge >= 0.3 is 0 Å². The predicted molar refractivity (Wildman–Crippen MR) is 100 cm³/mol. The fraction of sp³-hybridized carbons (Fsp3) is 0. The van der Waals surface area contributed by atoms with Crippen LogP contribution in [0.4, 0.5) is 5.69 Å². The molecule has 3 rings (SSSR count). The van der Waals surface area contributed by atoms with Gasteiger partial charge in [0.05, 0.1) is 20.6 Å². The van der Waals surface area contributed by atoms with Crippen LogP contribution in [0.5, 0.6) is 5.75 Å². The average molecular weight is 400 g/mol. The lowest BCUT2D eigenvalue weighted by Crippen LogP contribution is -2.19. The number of hydrogen-bond donors (Lipinski definition) is 2. The number of nitrogens with one attached hydrogen (secondary N) is 1. The number of amides is 1. The number of thioether (sulfide) groups is 1. The third-order valence-corrected chi connectivity index (χ3v) is 4.81. The second-order valence-electron chi connectivity index (χ2n) is 4.76. The van der Waals surface area contributed by atoms with Gasteiger partial charge in [-0.3, -0.25) is 4.79 Å². The molecule has 0 unspecified atom stereocenters. The Hall–Kier alpha value is -1.66. The molecule has 0 saturated carbocycles. The topological polar surface area (TPSA) is 61.7 Å². The van der Waals surface area contributed by atoms with Crippen molar-refractivity contribution in [1.29, 1.82) is 0 Å². The summed E-state index contributed by atoms with van der Waals surface area (Å²) in [4.78, 5) is 16.8. The number of hydrogen-bond acceptors (Lipinski definition) is 4. The van der Waals surface area contributed by atoms with Gasteiger partial charge in [0.1, 0.15) is 5.75 Å². The number of benzene rings is 2. The van der Waals surface area contributed by atoms with Crippen molar-refractivity contribution in [3.05, 3.63) is 61.9 Å². The number of phenolic OH excluding ortho intramolecular Hbond substituents is 1. The number of rotatable bonds is 2. The van der Waals surface area contributed by atoms with Gasteiger partial charge in [-0.25, -0.2) is 4.99 Å². The van der Waals surface area contributed by atoms with E-state index >= 15 is 0 Å². The minimum atomic E-state index is -0.332. The summed E-state index contributed by atoms with van der Waals surface area (Å²) in [7, 11) is 0. The lowest BCUT2D eigenvalue weighted by Gasteiger charge is -2.03. The summed E-state index contributed by atoms with van der Waals surface area (Å²) in [6, 6.07) is 10.00. The van der Waals surface area contributed by atoms with E-state index < -0.39 is 0 Å². The molecule has 1 fully saturated rings. The number of amidine groups is 1. The van der Waals surface area contributed by atoms with Crippen LogP contribution in [0.1, 0.15) is 5.56 Å². The molecular weight excluding hydrogens is 391 g/mol. The Morgan fingerprint density at radius 1 is 1.12 bits per heavy atom. The average Bonchev–Trinajstić information content (AvgIpc) is 2.86. The minimum absolute atomic E-state index is 0.114. The van der Waals surface area contributed by atoms with Gasteiger partial charge < -0.3 is 10.4 Å². The SMILES string of the molecule is O=C1NC(=Nc2ccccc2Cl)SC1=Cc1cc(Cl)cc(Cl)c1O. The molecule has 1 aliphatic heterocycles. The van der Waals surface area contributed by atoms with Crippen LogP contribution in [0.25, 0.3) is 6.08 Å². The third kappa shape index (κ3) is 3.70. The molecule has 0 radical (unpaired) electrons. The van der Waals surface area contributed by atoms with Gasteiger partial charge in [-0.2, -0.15) is 0 Å². The molecule has 0 bridgehead atoms. The number of para-hydroxylation sites is 1. The summed E-state index contributed by atoms with van der Waals surface area (Å²) in [6.07, 6.45) is 1.50. The highest BCUT2D eigenvalue weighted by Gasteiger charge is 2.24. The van der Waals surface area contributed by atoms with Crippen LogP contribution in [0.15, 0.2) is 46.3 Å². The lowest BCUT2D eigenvalue weighted by atomic mass is 10.2. The molecule has 2 aromatic rings. The maximum absolute atomic E-state index is 12.1. The van der Waals surface area contributed by atoms with E-state index in [2.05, 4.69) is 10.3 Å². The van der Waals surface area contributed by atoms with E-state index in [1.807, 2.05) is 0 Å². The normalized spacial score (nSPS) is 17.5. The van der Waals surface area contributed by atoms with E-state index in [4.69, 9.17) is 34.8 Å². The van der Waals surface area contributed by atoms with Crippen molar-refractivity contribution < 1.29 is 9.90 Å². The highest BCUT2D eigenvalue weighted by Crippen LogP contribution is 2.36. The van der Waals surface area contributed by atoms with Gasteiger partial charge in [-0.05, 0) is 42.1 Å². The monoisotopic (exact) mass is 398 g/mol. The molecule has 2 N–H and O–H groups in total. The number of halogens is 3. The number of carbonyl (C=O) groups is 1. The Balaban J connectivity index is 1.92. The van der Waals surface area contributed by atoms with Crippen molar-refractivity contribution in [2.75, 3.05) is 0 Å². The number of carbonyl (C=O) groups excluding carboxylic acids is 1. The fourth-order valence-corrected chi connectivity index (χ4v) is 3.48. The molecule has 0 aromatic heterocycles. The third-order valence-electron chi connectivity index (χ3n) is 3.07. The number of phenols is 1. The van der Waals surface area contributed by atoms with Crippen molar-refractivity contribution in [2.45, 2.75) is 0 Å². The standard InChI is InChI=1S/C16H9Cl3N2O2S/c17-9-5-8(14(22)11(19)7-9)6-13-15(23)21-16(24-13)20-12-4-2-1-3-10(12)18/h1-7,22H,(H,20,21,23). The minimum Gasteiger partial charge on any atom is -0.506 e. The first-order chi connectivity index (χ1) is 11.4. The van der Waals surface area contributed by atoms with E-state index in [-0.39, 0.29) is 16.7 Å². The first-order valence-corrected chi connectivity index (χ1v) is 8.61. The van der Waals surface area contributed by atoms with Crippen LogP contribution < -0.4 is 5.32 Å². The van der Waals surface area contributed by atoms with E-state index in [0.29, 0.717) is 31.4 Å². The quantitative estimate of drug-likeness (QED) is 0.678. The smallest absolute Gasteiger partial charge is 0.264 e. The van der Waals surface area contributed by atoms with Crippen molar-refractivity contribution in [3.8, 4) is 5.75 Å². The van der Waals surface area contributed by atoms with Crippen molar-refractivity contribution in [1.82, 2.24) is 5.32 Å². The molecule has 1 heterocycles. The fourth-order valence-electron chi connectivity index (χ4n) is 1.97. The van der Waals surface area contributed by atoms with Crippen molar-refractivity contribution >= 4 is 69.4 Å². The Morgan fingerprint density at radius 2 is 1.88 bits per heavy atom. The second-order valence-corrected chi connectivity index (χ2v) is 7.04. The van der Waals surface area contributed by atoms with E-state index in [1.54, 1.807) is 24.3 Å². The molecule has 24 heavy (non-hydrogen) atoms. The summed E-state index contributed by atoms with van der Waals surface area (Å²) in [5.41, 5.74) is 0.904. The van der Waals surface area contributed by atoms with Crippen LogP contribution in [0.2, 0.25) is 15.1 Å². The molecule has 4 nitrogen and oxygen atoms in total. The zero-order chi connectivity index (χ0) is 17.3. The van der Waals surface area contributed by atoms with E-state index in [1.165, 1.54) is 18.2 Å². The molecule has 0 atom stereocenters. The van der Waals surface area contributed by atoms with E-state index in [9.17, 15) is 9.90 Å². The summed E-state index contributed by atoms with van der Waals surface area (Å²) in [5.74, 6) is -0.472. The van der Waals surface area contributed by atoms with E-state index in [0.717, 1.165) is 11.8 Å². The van der Waals surface area contributed by atoms with Gasteiger partial charge in [0.15, 0.2) is 5.17 Å². The molecule has 1 saturated heterocycles. The molecule has 0 aliphatic carbocycles. The Bertz CT molecular complexity index is 897. The Kier molecular flexibility index (Phi) is 5.06. The molecule has 0 spiro atoms. The molecule has 8 heteroatoms. The number of aliphatic imine (C=N–C) groups is 1.